The highest BCUT2D eigenvalue weighted by Gasteiger charge is 2.31. The number of amides is 1. The summed E-state index contributed by atoms with van der Waals surface area (Å²) in [6.07, 6.45) is 0. The molecule has 0 bridgehead atoms. The summed E-state index contributed by atoms with van der Waals surface area (Å²) < 4.78 is 38.1. The molecule has 0 spiro atoms. The first-order chi connectivity index (χ1) is 10.7. The van der Waals surface area contributed by atoms with Gasteiger partial charge in [-0.05, 0) is 54.6 Å². The van der Waals surface area contributed by atoms with E-state index in [1.807, 2.05) is 0 Å². The van der Waals surface area contributed by atoms with E-state index < -0.39 is 11.4 Å². The van der Waals surface area contributed by atoms with E-state index in [1.54, 1.807) is 19.1 Å². The van der Waals surface area contributed by atoms with Gasteiger partial charge < -0.3 is 11.1 Å². The van der Waals surface area contributed by atoms with Crippen molar-refractivity contribution in [2.75, 3.05) is 11.1 Å². The lowest BCUT2D eigenvalue weighted by Gasteiger charge is -2.15. The summed E-state index contributed by atoms with van der Waals surface area (Å²) in [6.45, 7) is 1.62. The van der Waals surface area contributed by atoms with Crippen LogP contribution >= 0.6 is 23.4 Å². The van der Waals surface area contributed by atoms with Crippen molar-refractivity contribution < 1.29 is 18.0 Å². The van der Waals surface area contributed by atoms with Crippen LogP contribution in [0, 0.1) is 6.92 Å². The van der Waals surface area contributed by atoms with Gasteiger partial charge in [-0.1, -0.05) is 17.7 Å². The summed E-state index contributed by atoms with van der Waals surface area (Å²) in [6, 6.07) is 8.90. The number of alkyl halides is 3. The molecule has 0 unspecified atom stereocenters. The molecule has 8 heteroatoms. The zero-order valence-electron chi connectivity index (χ0n) is 11.9. The van der Waals surface area contributed by atoms with Gasteiger partial charge in [-0.25, -0.2) is 0 Å². The lowest BCUT2D eigenvalue weighted by atomic mass is 10.1. The van der Waals surface area contributed by atoms with E-state index in [2.05, 4.69) is 5.32 Å². The van der Waals surface area contributed by atoms with Crippen LogP contribution in [-0.2, 0) is 0 Å². The molecule has 0 radical (unpaired) electrons. The number of hydrogen-bond donors (Lipinski definition) is 2. The van der Waals surface area contributed by atoms with Crippen LogP contribution in [-0.4, -0.2) is 11.4 Å². The number of carbonyl (C=O) groups excluding carboxylic acids is 1. The van der Waals surface area contributed by atoms with Crippen molar-refractivity contribution in [3.8, 4) is 0 Å². The minimum atomic E-state index is -4.49. The fourth-order valence-electron chi connectivity index (χ4n) is 1.90. The molecule has 0 aliphatic carbocycles. The molecule has 0 saturated heterocycles. The van der Waals surface area contributed by atoms with Gasteiger partial charge in [0.1, 0.15) is 0 Å². The highest BCUT2D eigenvalue weighted by Crippen LogP contribution is 2.43. The average molecular weight is 361 g/mol. The maximum Gasteiger partial charge on any atom is 0.446 e. The van der Waals surface area contributed by atoms with Crippen LogP contribution < -0.4 is 11.1 Å². The molecule has 0 saturated carbocycles. The number of nitrogens with one attached hydrogen (secondary N) is 1. The zero-order valence-corrected chi connectivity index (χ0v) is 13.4. The number of benzene rings is 2. The summed E-state index contributed by atoms with van der Waals surface area (Å²) in [5.41, 5.74) is 2.18. The Balaban J connectivity index is 2.37. The molecule has 2 aromatic rings. The number of rotatable bonds is 3. The molecule has 0 heterocycles. The SMILES string of the molecule is Cc1cc(Cl)c(NC(=O)c2cccc(N)c2)c(SC(F)(F)F)c1. The molecule has 23 heavy (non-hydrogen) atoms. The molecule has 0 fully saturated rings. The number of nitrogen functional groups attached to an aromatic ring is 1. The molecule has 122 valence electrons. The number of aryl methyl sites for hydroxylation is 1. The predicted octanol–water partition coefficient (Wildman–Crippen LogP) is 5.09. The molecule has 0 atom stereocenters. The van der Waals surface area contributed by atoms with Crippen molar-refractivity contribution >= 4 is 40.6 Å². The van der Waals surface area contributed by atoms with Gasteiger partial charge in [0.25, 0.3) is 5.91 Å². The lowest BCUT2D eigenvalue weighted by Crippen LogP contribution is -2.14. The standard InChI is InChI=1S/C15H12ClF3N2OS/c1-8-5-11(16)13(12(6-8)23-15(17,18)19)21-14(22)9-3-2-4-10(20)7-9/h2-7H,20H2,1H3,(H,21,22). The third kappa shape index (κ3) is 4.80. The zero-order chi connectivity index (χ0) is 17.2. The van der Waals surface area contributed by atoms with Crippen LogP contribution in [0.1, 0.15) is 15.9 Å². The normalized spacial score (nSPS) is 11.3. The maximum absolute atomic E-state index is 12.7. The van der Waals surface area contributed by atoms with Crippen molar-refractivity contribution in [2.45, 2.75) is 17.3 Å². The van der Waals surface area contributed by atoms with Gasteiger partial charge in [-0.3, -0.25) is 4.79 Å². The molecule has 2 aromatic carbocycles. The summed E-state index contributed by atoms with van der Waals surface area (Å²) in [4.78, 5) is 12.0. The third-order valence-electron chi connectivity index (χ3n) is 2.81. The maximum atomic E-state index is 12.7. The van der Waals surface area contributed by atoms with Gasteiger partial charge in [-0.15, -0.1) is 0 Å². The number of halogens is 4. The highest BCUT2D eigenvalue weighted by atomic mass is 35.5. The average Bonchev–Trinajstić information content (AvgIpc) is 2.40. The van der Waals surface area contributed by atoms with Crippen molar-refractivity contribution in [2.24, 2.45) is 0 Å². The summed E-state index contributed by atoms with van der Waals surface area (Å²) in [7, 11) is 0. The second-order valence-corrected chi connectivity index (χ2v) is 6.26. The van der Waals surface area contributed by atoms with Crippen molar-refractivity contribution in [3.05, 3.63) is 52.5 Å². The van der Waals surface area contributed by atoms with Gasteiger partial charge in [0.05, 0.1) is 10.7 Å². The number of thioether (sulfide) groups is 1. The Hall–Kier alpha value is -1.86. The minimum absolute atomic E-state index is 0.0361. The third-order valence-corrected chi connectivity index (χ3v) is 3.88. The largest absolute Gasteiger partial charge is 0.446 e. The smallest absolute Gasteiger partial charge is 0.399 e. The van der Waals surface area contributed by atoms with Gasteiger partial charge >= 0.3 is 5.51 Å². The predicted molar refractivity (Wildman–Crippen MR) is 86.9 cm³/mol. The van der Waals surface area contributed by atoms with Crippen LogP contribution in [0.3, 0.4) is 0 Å². The Kier molecular flexibility index (Phi) is 5.11. The Labute approximate surface area is 140 Å². The second kappa shape index (κ2) is 6.72. The summed E-state index contributed by atoms with van der Waals surface area (Å²) in [5, 5.41) is 2.46. The van der Waals surface area contributed by atoms with Gasteiger partial charge in [0.2, 0.25) is 0 Å². The first-order valence-corrected chi connectivity index (χ1v) is 7.58. The number of nitrogens with two attached hydrogens (primary N) is 1. The first-order valence-electron chi connectivity index (χ1n) is 6.38. The molecule has 3 nitrogen and oxygen atoms in total. The van der Waals surface area contributed by atoms with Crippen LogP contribution in [0.25, 0.3) is 0 Å². The first kappa shape index (κ1) is 17.5. The fraction of sp³-hybridized carbons (Fsp3) is 0.133. The number of carbonyl (C=O) groups is 1. The topological polar surface area (TPSA) is 55.1 Å². The molecular formula is C15H12ClF3N2OS. The fourth-order valence-corrected chi connectivity index (χ4v) is 3.04. The number of anilines is 2. The molecule has 1 amide bonds. The molecular weight excluding hydrogens is 349 g/mol. The number of hydrogen-bond acceptors (Lipinski definition) is 3. The highest BCUT2D eigenvalue weighted by molar-refractivity contribution is 8.00. The van der Waals surface area contributed by atoms with E-state index in [9.17, 15) is 18.0 Å². The Morgan fingerprint density at radius 1 is 1.26 bits per heavy atom. The lowest BCUT2D eigenvalue weighted by molar-refractivity contribution is -0.0328. The Morgan fingerprint density at radius 2 is 1.96 bits per heavy atom. The van der Waals surface area contributed by atoms with Crippen LogP contribution in [0.4, 0.5) is 24.5 Å². The van der Waals surface area contributed by atoms with Crippen LogP contribution in [0.5, 0.6) is 0 Å². The van der Waals surface area contributed by atoms with Crippen molar-refractivity contribution in [3.63, 3.8) is 0 Å². The molecule has 0 aromatic heterocycles. The van der Waals surface area contributed by atoms with E-state index >= 15 is 0 Å². The van der Waals surface area contributed by atoms with Gasteiger partial charge in [0.15, 0.2) is 0 Å². The van der Waals surface area contributed by atoms with Crippen molar-refractivity contribution in [1.29, 1.82) is 0 Å². The minimum Gasteiger partial charge on any atom is -0.399 e. The Bertz CT molecular complexity index is 750. The monoisotopic (exact) mass is 360 g/mol. The van der Waals surface area contributed by atoms with E-state index in [0.29, 0.717) is 11.3 Å². The van der Waals surface area contributed by atoms with E-state index in [0.717, 1.165) is 0 Å². The molecule has 2 rings (SSSR count). The summed E-state index contributed by atoms with van der Waals surface area (Å²) >= 11 is 5.68. The van der Waals surface area contributed by atoms with Gasteiger partial charge in [-0.2, -0.15) is 13.2 Å². The second-order valence-electron chi connectivity index (χ2n) is 4.75. The summed E-state index contributed by atoms with van der Waals surface area (Å²) in [5.74, 6) is -0.591. The molecule has 0 aliphatic heterocycles. The van der Waals surface area contributed by atoms with Crippen LogP contribution in [0.15, 0.2) is 41.3 Å². The van der Waals surface area contributed by atoms with E-state index in [-0.39, 0.29) is 32.9 Å². The molecule has 0 aliphatic rings. The molecule has 3 N–H and O–H groups in total. The quantitative estimate of drug-likeness (QED) is 0.591. The Morgan fingerprint density at radius 3 is 2.57 bits per heavy atom. The van der Waals surface area contributed by atoms with Crippen LogP contribution in [0.2, 0.25) is 5.02 Å². The van der Waals surface area contributed by atoms with E-state index in [1.165, 1.54) is 24.3 Å². The van der Waals surface area contributed by atoms with E-state index in [4.69, 9.17) is 17.3 Å². The van der Waals surface area contributed by atoms with Gasteiger partial charge in [0, 0.05) is 16.1 Å². The van der Waals surface area contributed by atoms with Crippen molar-refractivity contribution in [1.82, 2.24) is 0 Å².